The number of aromatic nitrogens is 2. The lowest BCUT2D eigenvalue weighted by molar-refractivity contribution is 0.405. The van der Waals surface area contributed by atoms with Crippen LogP contribution in [-0.4, -0.2) is 42.1 Å². The maximum atomic E-state index is 4.72. The third kappa shape index (κ3) is 2.52. The highest BCUT2D eigenvalue weighted by atomic mass is 15.1. The van der Waals surface area contributed by atoms with Crippen molar-refractivity contribution in [2.75, 3.05) is 32.5 Å². The van der Waals surface area contributed by atoms with Crippen molar-refractivity contribution in [3.05, 3.63) is 34.3 Å². The summed E-state index contributed by atoms with van der Waals surface area (Å²) < 4.78 is 0. The van der Waals surface area contributed by atoms with E-state index in [-0.39, 0.29) is 0 Å². The van der Waals surface area contributed by atoms with Crippen molar-refractivity contribution in [1.29, 1.82) is 0 Å². The van der Waals surface area contributed by atoms with E-state index in [1.54, 1.807) is 0 Å². The predicted octanol–water partition coefficient (Wildman–Crippen LogP) is 2.60. The van der Waals surface area contributed by atoms with E-state index in [0.717, 1.165) is 37.2 Å². The van der Waals surface area contributed by atoms with E-state index in [2.05, 4.69) is 60.5 Å². The molecule has 1 saturated carbocycles. The summed E-state index contributed by atoms with van der Waals surface area (Å²) in [5.74, 6) is 2.53. The maximum Gasteiger partial charge on any atom is 0.136 e. The van der Waals surface area contributed by atoms with Crippen LogP contribution >= 0.6 is 0 Å². The Kier molecular flexibility index (Phi) is 3.57. The van der Waals surface area contributed by atoms with Gasteiger partial charge in [-0.25, -0.2) is 4.98 Å². The van der Waals surface area contributed by atoms with Gasteiger partial charge in [-0.1, -0.05) is 24.3 Å². The fraction of sp³-hybridized carbons (Fsp3) is 0.409. The van der Waals surface area contributed by atoms with Crippen LogP contribution in [0.25, 0.3) is 34.0 Å². The molecule has 1 aromatic carbocycles. The number of nitrogens with zero attached hydrogens (tertiary/aromatic N) is 2. The zero-order chi connectivity index (χ0) is 17.8. The van der Waals surface area contributed by atoms with Crippen LogP contribution in [0.5, 0.6) is 0 Å². The van der Waals surface area contributed by atoms with Gasteiger partial charge in [0.2, 0.25) is 0 Å². The van der Waals surface area contributed by atoms with E-state index >= 15 is 0 Å². The monoisotopic (exact) mass is 346 g/mol. The first kappa shape index (κ1) is 15.9. The van der Waals surface area contributed by atoms with Gasteiger partial charge < -0.3 is 15.2 Å². The number of pyridine rings is 1. The lowest BCUT2D eigenvalue weighted by atomic mass is 10.0. The quantitative estimate of drug-likeness (QED) is 0.698. The van der Waals surface area contributed by atoms with Crippen LogP contribution in [0, 0.1) is 18.8 Å². The summed E-state index contributed by atoms with van der Waals surface area (Å²) in [5, 5.41) is 8.86. The fourth-order valence-electron chi connectivity index (χ4n) is 4.26. The number of fused-ring (bicyclic) bond motifs is 6. The number of rotatable bonds is 5. The van der Waals surface area contributed by atoms with Crippen molar-refractivity contribution in [2.45, 2.75) is 19.8 Å². The summed E-state index contributed by atoms with van der Waals surface area (Å²) >= 11 is 0. The Hall–Kier alpha value is -2.33. The van der Waals surface area contributed by atoms with Gasteiger partial charge in [-0.3, -0.25) is 0 Å². The number of anilines is 1. The van der Waals surface area contributed by atoms with E-state index in [0.29, 0.717) is 0 Å². The van der Waals surface area contributed by atoms with Crippen molar-refractivity contribution >= 4 is 39.8 Å². The van der Waals surface area contributed by atoms with Gasteiger partial charge in [-0.15, -0.1) is 0 Å². The molecule has 0 aliphatic heterocycles. The van der Waals surface area contributed by atoms with Crippen LogP contribution in [0.15, 0.2) is 18.3 Å². The van der Waals surface area contributed by atoms with Crippen LogP contribution in [-0.2, 0) is 0 Å². The number of benzene rings is 1. The Balaban J connectivity index is 1.64. The predicted molar refractivity (Wildman–Crippen MR) is 110 cm³/mol. The van der Waals surface area contributed by atoms with Crippen molar-refractivity contribution in [1.82, 2.24) is 14.9 Å². The van der Waals surface area contributed by atoms with E-state index in [1.807, 2.05) is 6.20 Å². The van der Waals surface area contributed by atoms with Crippen LogP contribution in [0.2, 0.25) is 0 Å². The van der Waals surface area contributed by atoms with Crippen molar-refractivity contribution in [3.8, 4) is 0 Å². The average molecular weight is 346 g/mol. The summed E-state index contributed by atoms with van der Waals surface area (Å²) in [6.45, 7) is 4.15. The molecule has 0 radical (unpaired) electrons. The highest BCUT2D eigenvalue weighted by Crippen LogP contribution is 2.42. The van der Waals surface area contributed by atoms with E-state index < -0.39 is 0 Å². The Morgan fingerprint density at radius 3 is 2.88 bits per heavy atom. The third-order valence-electron chi connectivity index (χ3n) is 5.81. The van der Waals surface area contributed by atoms with Gasteiger partial charge in [0.1, 0.15) is 5.82 Å². The Labute approximate surface area is 153 Å². The Bertz CT molecular complexity index is 1120. The number of nitrogens with one attached hydrogen (secondary N) is 2. The molecule has 5 rings (SSSR count). The molecule has 2 unspecified atom stereocenters. The molecule has 0 bridgehead atoms. The second-order valence-corrected chi connectivity index (χ2v) is 8.14. The standard InChI is InChI=1S/C22H26N4/c1-13-12-24-22(23-7-4-8-26(2)3)19-17-6-5-14-9-15-10-16(15)11-18(14)21(17)25-20(13)19/h5-6,9,11-12,15-16,25H,4,7-8,10H2,1-3H3,(H,23,24). The topological polar surface area (TPSA) is 44.0 Å². The number of hydrogen-bond acceptors (Lipinski definition) is 3. The second kappa shape index (κ2) is 5.85. The minimum Gasteiger partial charge on any atom is -0.369 e. The molecule has 2 aliphatic carbocycles. The summed E-state index contributed by atoms with van der Waals surface area (Å²) in [6.07, 6.45) is 9.33. The molecular formula is C22H26N4. The molecule has 2 heterocycles. The largest absolute Gasteiger partial charge is 0.369 e. The summed E-state index contributed by atoms with van der Waals surface area (Å²) in [6, 6.07) is 4.56. The van der Waals surface area contributed by atoms with Crippen LogP contribution in [0.4, 0.5) is 5.82 Å². The van der Waals surface area contributed by atoms with Gasteiger partial charge in [0.25, 0.3) is 0 Å². The number of aromatic amines is 1. The first-order valence-electron chi connectivity index (χ1n) is 9.64. The SMILES string of the molecule is Cc1cnc(NCCCN(C)C)c2c1[nH]c1c3c(ccc12)=CC1CC1C=3. The van der Waals surface area contributed by atoms with Crippen molar-refractivity contribution in [2.24, 2.45) is 11.8 Å². The molecule has 2 N–H and O–H groups in total. The molecule has 26 heavy (non-hydrogen) atoms. The smallest absolute Gasteiger partial charge is 0.136 e. The molecular weight excluding hydrogens is 320 g/mol. The highest BCUT2D eigenvalue weighted by Gasteiger charge is 2.34. The normalized spacial score (nSPS) is 20.6. The molecule has 3 aromatic rings. The fourth-order valence-corrected chi connectivity index (χ4v) is 4.26. The Morgan fingerprint density at radius 1 is 1.19 bits per heavy atom. The lowest BCUT2D eigenvalue weighted by Gasteiger charge is -2.11. The molecule has 2 aromatic heterocycles. The van der Waals surface area contributed by atoms with Gasteiger partial charge in [0.15, 0.2) is 0 Å². The number of aryl methyl sites for hydroxylation is 1. The minimum atomic E-state index is 0.752. The first-order valence-corrected chi connectivity index (χ1v) is 9.64. The molecule has 1 fully saturated rings. The van der Waals surface area contributed by atoms with Crippen molar-refractivity contribution < 1.29 is 0 Å². The third-order valence-corrected chi connectivity index (χ3v) is 5.81. The van der Waals surface area contributed by atoms with Crippen LogP contribution in [0.3, 0.4) is 0 Å². The van der Waals surface area contributed by atoms with Crippen molar-refractivity contribution in [3.63, 3.8) is 0 Å². The second-order valence-electron chi connectivity index (χ2n) is 8.14. The summed E-state index contributed by atoms with van der Waals surface area (Å²) in [5.41, 5.74) is 3.68. The van der Waals surface area contributed by atoms with Gasteiger partial charge >= 0.3 is 0 Å². The lowest BCUT2D eigenvalue weighted by Crippen LogP contribution is -2.27. The van der Waals surface area contributed by atoms with Gasteiger partial charge in [0.05, 0.1) is 16.4 Å². The zero-order valence-corrected chi connectivity index (χ0v) is 15.8. The molecule has 4 heteroatoms. The highest BCUT2D eigenvalue weighted by molar-refractivity contribution is 6.13. The first-order chi connectivity index (χ1) is 12.6. The average Bonchev–Trinajstić information content (AvgIpc) is 3.26. The summed E-state index contributed by atoms with van der Waals surface area (Å²) in [4.78, 5) is 10.7. The number of H-pyrrole nitrogens is 1. The zero-order valence-electron chi connectivity index (χ0n) is 15.8. The van der Waals surface area contributed by atoms with Gasteiger partial charge in [-0.05, 0) is 63.0 Å². The number of hydrogen-bond donors (Lipinski definition) is 2. The summed E-state index contributed by atoms with van der Waals surface area (Å²) in [7, 11) is 4.23. The Morgan fingerprint density at radius 2 is 2.04 bits per heavy atom. The maximum absolute atomic E-state index is 4.72. The van der Waals surface area contributed by atoms with Crippen LogP contribution in [0.1, 0.15) is 18.4 Å². The van der Waals surface area contributed by atoms with E-state index in [1.165, 1.54) is 44.2 Å². The van der Waals surface area contributed by atoms with E-state index in [9.17, 15) is 0 Å². The molecule has 0 spiro atoms. The molecule has 0 amide bonds. The van der Waals surface area contributed by atoms with E-state index in [4.69, 9.17) is 4.98 Å². The van der Waals surface area contributed by atoms with Gasteiger partial charge in [-0.2, -0.15) is 0 Å². The molecule has 4 nitrogen and oxygen atoms in total. The molecule has 0 saturated heterocycles. The minimum absolute atomic E-state index is 0.752. The van der Waals surface area contributed by atoms with Crippen LogP contribution < -0.4 is 15.8 Å². The molecule has 2 atom stereocenters. The molecule has 134 valence electrons. The molecule has 2 aliphatic rings. The van der Waals surface area contributed by atoms with Gasteiger partial charge in [0, 0.05) is 23.3 Å².